The Bertz CT molecular complexity index is 569. The number of nitrogens with two attached hydrogens (primary N) is 1. The van der Waals surface area contributed by atoms with E-state index in [4.69, 9.17) is 5.73 Å². The monoisotopic (exact) mass is 245 g/mol. The number of amides is 2. The first-order valence-electron chi connectivity index (χ1n) is 5.67. The molecule has 1 aromatic heterocycles. The summed E-state index contributed by atoms with van der Waals surface area (Å²) in [5, 5.41) is 15.9. The fourth-order valence-electron chi connectivity index (χ4n) is 1.74. The van der Waals surface area contributed by atoms with E-state index in [1.54, 1.807) is 0 Å². The number of nitrogens with one attached hydrogen (secondary N) is 2. The minimum absolute atomic E-state index is 0.444. The van der Waals surface area contributed by atoms with Gasteiger partial charge in [0.2, 0.25) is 0 Å². The number of anilines is 1. The van der Waals surface area contributed by atoms with Crippen molar-refractivity contribution in [1.29, 1.82) is 0 Å². The molecule has 0 radical (unpaired) electrons. The fraction of sp³-hybridized carbons (Fsp3) is 0.250. The van der Waals surface area contributed by atoms with E-state index in [9.17, 15) is 4.79 Å². The van der Waals surface area contributed by atoms with Crippen LogP contribution in [-0.2, 0) is 0 Å². The van der Waals surface area contributed by atoms with Gasteiger partial charge < -0.3 is 16.4 Å². The van der Waals surface area contributed by atoms with Crippen LogP contribution in [0.4, 0.5) is 10.6 Å². The zero-order chi connectivity index (χ0) is 13.0. The lowest BCUT2D eigenvalue weighted by Crippen LogP contribution is -2.33. The number of primary amides is 1. The summed E-state index contributed by atoms with van der Waals surface area (Å²) in [5.74, 6) is 0.711. The normalized spacial score (nSPS) is 10.3. The van der Waals surface area contributed by atoms with Gasteiger partial charge in [0.25, 0.3) is 0 Å². The van der Waals surface area contributed by atoms with Gasteiger partial charge in [-0.3, -0.25) is 0 Å². The molecule has 2 rings (SSSR count). The van der Waals surface area contributed by atoms with Gasteiger partial charge in [0.1, 0.15) is 0 Å². The third kappa shape index (κ3) is 2.65. The third-order valence-corrected chi connectivity index (χ3v) is 2.59. The molecular formula is C12H15N5O. The van der Waals surface area contributed by atoms with Gasteiger partial charge in [-0.15, -0.1) is 5.10 Å². The number of fused-ring (bicyclic) bond motifs is 1. The van der Waals surface area contributed by atoms with Gasteiger partial charge >= 0.3 is 6.03 Å². The molecule has 4 N–H and O–H groups in total. The Morgan fingerprint density at radius 3 is 2.67 bits per heavy atom. The van der Waals surface area contributed by atoms with Crippen LogP contribution in [0, 0.1) is 6.92 Å². The topological polar surface area (TPSA) is 92.9 Å². The van der Waals surface area contributed by atoms with Crippen molar-refractivity contribution in [3.8, 4) is 0 Å². The Morgan fingerprint density at radius 1 is 1.22 bits per heavy atom. The van der Waals surface area contributed by atoms with Crippen LogP contribution in [0.2, 0.25) is 0 Å². The summed E-state index contributed by atoms with van der Waals surface area (Å²) in [6.45, 7) is 2.91. The molecule has 0 aliphatic carbocycles. The van der Waals surface area contributed by atoms with Crippen molar-refractivity contribution >= 4 is 22.6 Å². The number of carbonyl (C=O) groups excluding carboxylic acids is 1. The van der Waals surface area contributed by atoms with Crippen LogP contribution < -0.4 is 16.4 Å². The van der Waals surface area contributed by atoms with Crippen LogP contribution >= 0.6 is 0 Å². The number of hydrogen-bond acceptors (Lipinski definition) is 4. The summed E-state index contributed by atoms with van der Waals surface area (Å²) in [4.78, 5) is 10.5. The Labute approximate surface area is 105 Å². The van der Waals surface area contributed by atoms with Gasteiger partial charge in [0.15, 0.2) is 5.82 Å². The predicted molar refractivity (Wildman–Crippen MR) is 70.4 cm³/mol. The summed E-state index contributed by atoms with van der Waals surface area (Å²) in [7, 11) is 0. The highest BCUT2D eigenvalue weighted by Gasteiger charge is 2.05. The average Bonchev–Trinajstić information content (AvgIpc) is 2.37. The van der Waals surface area contributed by atoms with E-state index in [0.717, 1.165) is 16.5 Å². The van der Waals surface area contributed by atoms with Crippen molar-refractivity contribution in [3.63, 3.8) is 0 Å². The van der Waals surface area contributed by atoms with E-state index in [2.05, 4.69) is 20.8 Å². The highest BCUT2D eigenvalue weighted by atomic mass is 16.2. The number of aryl methyl sites for hydroxylation is 1. The molecule has 0 aliphatic rings. The largest absolute Gasteiger partial charge is 0.366 e. The molecule has 1 heterocycles. The number of carbonyl (C=O) groups is 1. The maximum Gasteiger partial charge on any atom is 0.312 e. The lowest BCUT2D eigenvalue weighted by atomic mass is 10.1. The minimum atomic E-state index is -0.531. The number of benzene rings is 1. The Morgan fingerprint density at radius 2 is 1.94 bits per heavy atom. The Balaban J connectivity index is 2.14. The molecule has 0 aliphatic heterocycles. The molecule has 6 nitrogen and oxygen atoms in total. The molecule has 94 valence electrons. The van der Waals surface area contributed by atoms with Crippen molar-refractivity contribution < 1.29 is 4.79 Å². The van der Waals surface area contributed by atoms with E-state index >= 15 is 0 Å². The summed E-state index contributed by atoms with van der Waals surface area (Å²) < 4.78 is 0. The van der Waals surface area contributed by atoms with Gasteiger partial charge in [-0.1, -0.05) is 24.3 Å². The van der Waals surface area contributed by atoms with Gasteiger partial charge in [0.05, 0.1) is 5.69 Å². The zero-order valence-electron chi connectivity index (χ0n) is 10.1. The SMILES string of the molecule is Cc1nnc(NCCNC(N)=O)c2ccccc12. The average molecular weight is 245 g/mol. The standard InChI is InChI=1S/C12H15N5O/c1-8-9-4-2-3-5-10(9)11(17-16-8)14-6-7-15-12(13)18/h2-5H,6-7H2,1H3,(H,14,17)(H3,13,15,18). The van der Waals surface area contributed by atoms with Gasteiger partial charge in [-0.25, -0.2) is 4.79 Å². The second kappa shape index (κ2) is 5.31. The van der Waals surface area contributed by atoms with E-state index in [1.165, 1.54) is 0 Å². The summed E-state index contributed by atoms with van der Waals surface area (Å²) in [6.07, 6.45) is 0. The highest BCUT2D eigenvalue weighted by molar-refractivity contribution is 5.92. The number of rotatable bonds is 4. The van der Waals surface area contributed by atoms with E-state index in [1.807, 2.05) is 31.2 Å². The Kier molecular flexibility index (Phi) is 3.57. The van der Waals surface area contributed by atoms with Crippen LogP contribution in [0.5, 0.6) is 0 Å². The molecule has 0 spiro atoms. The second-order valence-corrected chi connectivity index (χ2v) is 3.90. The molecule has 0 fully saturated rings. The molecule has 0 saturated heterocycles. The van der Waals surface area contributed by atoms with Crippen LogP contribution in [0.3, 0.4) is 0 Å². The maximum absolute atomic E-state index is 10.5. The number of aromatic nitrogens is 2. The molecule has 2 amide bonds. The lowest BCUT2D eigenvalue weighted by molar-refractivity contribution is 0.249. The first kappa shape index (κ1) is 12.1. The van der Waals surface area contributed by atoms with E-state index < -0.39 is 6.03 Å². The molecule has 0 atom stereocenters. The fourth-order valence-corrected chi connectivity index (χ4v) is 1.74. The smallest absolute Gasteiger partial charge is 0.312 e. The molecule has 6 heteroatoms. The highest BCUT2D eigenvalue weighted by Crippen LogP contribution is 2.21. The van der Waals surface area contributed by atoms with Crippen LogP contribution in [-0.4, -0.2) is 29.3 Å². The number of hydrogen-bond donors (Lipinski definition) is 3. The molecule has 1 aromatic carbocycles. The van der Waals surface area contributed by atoms with E-state index in [-0.39, 0.29) is 0 Å². The van der Waals surface area contributed by atoms with E-state index in [0.29, 0.717) is 18.9 Å². The van der Waals surface area contributed by atoms with Gasteiger partial charge in [-0.05, 0) is 6.92 Å². The van der Waals surface area contributed by atoms with Crippen LogP contribution in [0.1, 0.15) is 5.69 Å². The quantitative estimate of drug-likeness (QED) is 0.701. The van der Waals surface area contributed by atoms with Crippen molar-refractivity contribution in [1.82, 2.24) is 15.5 Å². The Hall–Kier alpha value is -2.37. The summed E-state index contributed by atoms with van der Waals surface area (Å²) >= 11 is 0. The third-order valence-electron chi connectivity index (χ3n) is 2.59. The first-order valence-corrected chi connectivity index (χ1v) is 5.67. The molecule has 0 bridgehead atoms. The first-order chi connectivity index (χ1) is 8.68. The lowest BCUT2D eigenvalue weighted by Gasteiger charge is -2.09. The minimum Gasteiger partial charge on any atom is -0.366 e. The molecule has 2 aromatic rings. The second-order valence-electron chi connectivity index (χ2n) is 3.90. The van der Waals surface area contributed by atoms with Gasteiger partial charge in [-0.2, -0.15) is 5.10 Å². The zero-order valence-corrected chi connectivity index (χ0v) is 10.1. The van der Waals surface area contributed by atoms with Crippen LogP contribution in [0.25, 0.3) is 10.8 Å². The number of nitrogens with zero attached hydrogens (tertiary/aromatic N) is 2. The molecule has 0 saturated carbocycles. The summed E-state index contributed by atoms with van der Waals surface area (Å²) in [5.41, 5.74) is 5.87. The van der Waals surface area contributed by atoms with Crippen LogP contribution in [0.15, 0.2) is 24.3 Å². The summed E-state index contributed by atoms with van der Waals surface area (Å²) in [6, 6.07) is 7.38. The molecule has 18 heavy (non-hydrogen) atoms. The van der Waals surface area contributed by atoms with Crippen molar-refractivity contribution in [2.24, 2.45) is 5.73 Å². The molecule has 0 unspecified atom stereocenters. The maximum atomic E-state index is 10.5. The van der Waals surface area contributed by atoms with Crippen molar-refractivity contribution in [2.45, 2.75) is 6.92 Å². The molecular weight excluding hydrogens is 230 g/mol. The van der Waals surface area contributed by atoms with Crippen molar-refractivity contribution in [2.75, 3.05) is 18.4 Å². The van der Waals surface area contributed by atoms with Crippen molar-refractivity contribution in [3.05, 3.63) is 30.0 Å². The number of urea groups is 1. The van der Waals surface area contributed by atoms with Gasteiger partial charge in [0, 0.05) is 23.9 Å². The predicted octanol–water partition coefficient (Wildman–Crippen LogP) is 1.02.